The fourth-order valence-electron chi connectivity index (χ4n) is 1.33. The number of aryl methyl sites for hydroxylation is 1. The summed E-state index contributed by atoms with van der Waals surface area (Å²) >= 11 is 0. The van der Waals surface area contributed by atoms with E-state index in [1.165, 1.54) is 0 Å². The third kappa shape index (κ3) is 2.00. The van der Waals surface area contributed by atoms with Crippen LogP contribution in [0.4, 0.5) is 5.69 Å². The summed E-state index contributed by atoms with van der Waals surface area (Å²) in [5.74, 6) is 1.70. The van der Waals surface area contributed by atoms with Crippen LogP contribution in [0.3, 0.4) is 0 Å². The zero-order valence-electron chi connectivity index (χ0n) is 8.21. The molecule has 0 aliphatic carbocycles. The summed E-state index contributed by atoms with van der Waals surface area (Å²) in [6.45, 7) is 1.90. The zero-order chi connectivity index (χ0) is 10.7. The lowest BCUT2D eigenvalue weighted by molar-refractivity contribution is 0.548. The van der Waals surface area contributed by atoms with Crippen LogP contribution < -0.4 is 0 Å². The molecule has 0 saturated heterocycles. The highest BCUT2D eigenvalue weighted by molar-refractivity contribution is 5.60. The van der Waals surface area contributed by atoms with E-state index in [0.29, 0.717) is 5.69 Å². The molecule has 1 aromatic carbocycles. The van der Waals surface area contributed by atoms with Gasteiger partial charge in [0.1, 0.15) is 11.5 Å². The molecule has 0 bridgehead atoms. The monoisotopic (exact) mass is 199 g/mol. The predicted molar refractivity (Wildman–Crippen MR) is 57.7 cm³/mol. The van der Waals surface area contributed by atoms with Crippen LogP contribution in [-0.2, 0) is 0 Å². The van der Waals surface area contributed by atoms with Crippen LogP contribution >= 0.6 is 0 Å². The van der Waals surface area contributed by atoms with Crippen molar-refractivity contribution in [2.45, 2.75) is 6.92 Å². The lowest BCUT2D eigenvalue weighted by Crippen LogP contribution is -1.71. The van der Waals surface area contributed by atoms with Crippen LogP contribution in [0.5, 0.6) is 0 Å². The molecule has 15 heavy (non-hydrogen) atoms. The van der Waals surface area contributed by atoms with E-state index in [1.54, 1.807) is 12.1 Å². The molecule has 0 saturated carbocycles. The summed E-state index contributed by atoms with van der Waals surface area (Å²) in [4.78, 5) is 2.71. The van der Waals surface area contributed by atoms with Crippen molar-refractivity contribution in [2.75, 3.05) is 0 Å². The second kappa shape index (κ2) is 3.90. The third-order valence-electron chi connectivity index (χ3n) is 2.05. The molecule has 4 nitrogen and oxygen atoms in total. The largest absolute Gasteiger partial charge is 0.461 e. The zero-order valence-corrected chi connectivity index (χ0v) is 8.21. The summed E-state index contributed by atoms with van der Waals surface area (Å²) in [7, 11) is 0. The lowest BCUT2D eigenvalue weighted by atomic mass is 10.1. The van der Waals surface area contributed by atoms with Crippen LogP contribution in [0.25, 0.3) is 21.8 Å². The van der Waals surface area contributed by atoms with Gasteiger partial charge in [-0.3, -0.25) is 0 Å². The Morgan fingerprint density at radius 2 is 1.87 bits per heavy atom. The Labute approximate surface area is 86.8 Å². The minimum atomic E-state index is 0.601. The van der Waals surface area contributed by atoms with Crippen molar-refractivity contribution in [2.24, 2.45) is 5.11 Å². The second-order valence-corrected chi connectivity index (χ2v) is 3.15. The molecule has 0 N–H and O–H groups in total. The molecule has 1 aromatic heterocycles. The van der Waals surface area contributed by atoms with E-state index >= 15 is 0 Å². The summed E-state index contributed by atoms with van der Waals surface area (Å²) in [5.41, 5.74) is 9.82. The van der Waals surface area contributed by atoms with Gasteiger partial charge in [-0.1, -0.05) is 29.4 Å². The van der Waals surface area contributed by atoms with E-state index in [9.17, 15) is 0 Å². The number of rotatable bonds is 2. The highest BCUT2D eigenvalue weighted by Gasteiger charge is 2.01. The van der Waals surface area contributed by atoms with E-state index in [4.69, 9.17) is 9.95 Å². The quantitative estimate of drug-likeness (QED) is 0.406. The van der Waals surface area contributed by atoms with Crippen molar-refractivity contribution in [1.82, 2.24) is 0 Å². The molecule has 0 fully saturated rings. The maximum Gasteiger partial charge on any atom is 0.134 e. The molecule has 2 aromatic rings. The standard InChI is InChI=1S/C11H9N3O/c1-8-2-7-11(15-8)9-3-5-10(6-4-9)13-14-12/h2-7H,1H3. The van der Waals surface area contributed by atoms with Crippen molar-refractivity contribution in [3.8, 4) is 11.3 Å². The maximum atomic E-state index is 8.25. The Kier molecular flexibility index (Phi) is 2.44. The number of hydrogen-bond acceptors (Lipinski definition) is 2. The maximum absolute atomic E-state index is 8.25. The average molecular weight is 199 g/mol. The van der Waals surface area contributed by atoms with Gasteiger partial charge in [-0.15, -0.1) is 0 Å². The Morgan fingerprint density at radius 3 is 2.40 bits per heavy atom. The van der Waals surface area contributed by atoms with Crippen LogP contribution in [0.15, 0.2) is 45.9 Å². The molecule has 0 aliphatic heterocycles. The highest BCUT2D eigenvalue weighted by atomic mass is 16.3. The van der Waals surface area contributed by atoms with E-state index in [2.05, 4.69) is 10.0 Å². The van der Waals surface area contributed by atoms with Crippen molar-refractivity contribution in [3.05, 3.63) is 52.6 Å². The van der Waals surface area contributed by atoms with Crippen molar-refractivity contribution in [1.29, 1.82) is 0 Å². The molecule has 0 unspecified atom stereocenters. The normalized spacial score (nSPS) is 9.67. The molecule has 2 rings (SSSR count). The average Bonchev–Trinajstić information content (AvgIpc) is 2.67. The van der Waals surface area contributed by atoms with Crippen molar-refractivity contribution < 1.29 is 4.42 Å². The summed E-state index contributed by atoms with van der Waals surface area (Å²) in [6, 6.07) is 11.1. The second-order valence-electron chi connectivity index (χ2n) is 3.15. The van der Waals surface area contributed by atoms with Gasteiger partial charge in [0.15, 0.2) is 0 Å². The molecule has 0 spiro atoms. The number of benzene rings is 1. The van der Waals surface area contributed by atoms with Gasteiger partial charge in [-0.25, -0.2) is 0 Å². The minimum absolute atomic E-state index is 0.601. The van der Waals surface area contributed by atoms with Gasteiger partial charge in [0.25, 0.3) is 0 Å². The van der Waals surface area contributed by atoms with Gasteiger partial charge in [-0.2, -0.15) is 0 Å². The van der Waals surface area contributed by atoms with E-state index < -0.39 is 0 Å². The molecule has 0 amide bonds. The fourth-order valence-corrected chi connectivity index (χ4v) is 1.33. The minimum Gasteiger partial charge on any atom is -0.461 e. The van der Waals surface area contributed by atoms with Gasteiger partial charge in [0, 0.05) is 16.2 Å². The molecule has 0 atom stereocenters. The van der Waals surface area contributed by atoms with Crippen molar-refractivity contribution in [3.63, 3.8) is 0 Å². The molecule has 0 aliphatic rings. The molecular formula is C11H9N3O. The smallest absolute Gasteiger partial charge is 0.134 e. The Bertz CT molecular complexity index is 507. The van der Waals surface area contributed by atoms with Crippen LogP contribution in [0.1, 0.15) is 5.76 Å². The molecule has 4 heteroatoms. The van der Waals surface area contributed by atoms with Crippen LogP contribution in [-0.4, -0.2) is 0 Å². The number of furan rings is 1. The fraction of sp³-hybridized carbons (Fsp3) is 0.0909. The Morgan fingerprint density at radius 1 is 1.13 bits per heavy atom. The van der Waals surface area contributed by atoms with Gasteiger partial charge >= 0.3 is 0 Å². The first kappa shape index (κ1) is 9.37. The first-order valence-corrected chi connectivity index (χ1v) is 4.51. The first-order valence-electron chi connectivity index (χ1n) is 4.51. The summed E-state index contributed by atoms with van der Waals surface area (Å²) < 4.78 is 5.47. The van der Waals surface area contributed by atoms with E-state index in [1.807, 2.05) is 31.2 Å². The number of azide groups is 1. The molecular weight excluding hydrogens is 190 g/mol. The summed E-state index contributed by atoms with van der Waals surface area (Å²) in [5, 5.41) is 3.50. The molecule has 1 heterocycles. The Balaban J connectivity index is 2.35. The van der Waals surface area contributed by atoms with Gasteiger partial charge < -0.3 is 4.42 Å². The van der Waals surface area contributed by atoms with Crippen LogP contribution in [0.2, 0.25) is 0 Å². The molecule has 74 valence electrons. The number of hydrogen-bond donors (Lipinski definition) is 0. The summed E-state index contributed by atoms with van der Waals surface area (Å²) in [6.07, 6.45) is 0. The van der Waals surface area contributed by atoms with E-state index in [0.717, 1.165) is 17.1 Å². The topological polar surface area (TPSA) is 61.9 Å². The van der Waals surface area contributed by atoms with Gasteiger partial charge in [-0.05, 0) is 24.6 Å². The highest BCUT2D eigenvalue weighted by Crippen LogP contribution is 2.24. The van der Waals surface area contributed by atoms with Crippen molar-refractivity contribution >= 4 is 5.69 Å². The Hall–Kier alpha value is -2.19. The number of nitrogens with zero attached hydrogens (tertiary/aromatic N) is 3. The van der Waals surface area contributed by atoms with Gasteiger partial charge in [0.05, 0.1) is 0 Å². The predicted octanol–water partition coefficient (Wildman–Crippen LogP) is 4.20. The van der Waals surface area contributed by atoms with Gasteiger partial charge in [0.2, 0.25) is 0 Å². The first-order chi connectivity index (χ1) is 7.29. The SMILES string of the molecule is Cc1ccc(-c2ccc(N=[N+]=[N-])cc2)o1. The third-order valence-corrected chi connectivity index (χ3v) is 2.05. The lowest BCUT2D eigenvalue weighted by Gasteiger charge is -1.96. The van der Waals surface area contributed by atoms with E-state index in [-0.39, 0.29) is 0 Å². The molecule has 0 radical (unpaired) electrons. The van der Waals surface area contributed by atoms with Crippen LogP contribution in [0, 0.1) is 6.92 Å².